The largest absolute Gasteiger partial charge is 0.323 e. The quantitative estimate of drug-likeness (QED) is 0.677. The molecule has 116 valence electrons. The fourth-order valence-electron chi connectivity index (χ4n) is 2.48. The molecule has 0 spiro atoms. The van der Waals surface area contributed by atoms with E-state index >= 15 is 0 Å². The van der Waals surface area contributed by atoms with Gasteiger partial charge in [-0.25, -0.2) is 18.2 Å². The van der Waals surface area contributed by atoms with Gasteiger partial charge in [-0.1, -0.05) is 12.1 Å². The number of rotatable bonds is 3. The van der Waals surface area contributed by atoms with Gasteiger partial charge in [0.2, 0.25) is 0 Å². The molecule has 0 bridgehead atoms. The second-order valence-electron chi connectivity index (χ2n) is 5.29. The van der Waals surface area contributed by atoms with E-state index in [1.807, 2.05) is 0 Å². The van der Waals surface area contributed by atoms with Crippen molar-refractivity contribution in [3.8, 4) is 17.5 Å². The van der Waals surface area contributed by atoms with Gasteiger partial charge in [0.25, 0.3) is 0 Å². The topological polar surface area (TPSA) is 41.6 Å². The lowest BCUT2D eigenvalue weighted by Crippen LogP contribution is -2.08. The Labute approximate surface area is 130 Å². The lowest BCUT2D eigenvalue weighted by Gasteiger charge is -2.11. The van der Waals surface area contributed by atoms with Crippen LogP contribution in [-0.2, 0) is 6.54 Å². The minimum atomic E-state index is -1.53. The van der Waals surface area contributed by atoms with Crippen LogP contribution in [0.3, 0.4) is 0 Å². The van der Waals surface area contributed by atoms with E-state index in [9.17, 15) is 13.2 Å². The van der Waals surface area contributed by atoms with Crippen LogP contribution in [-0.4, -0.2) is 9.55 Å². The molecule has 1 unspecified atom stereocenters. The highest BCUT2D eigenvalue weighted by Gasteiger charge is 2.21. The predicted molar refractivity (Wildman–Crippen MR) is 79.8 cm³/mol. The molecule has 0 aliphatic rings. The van der Waals surface area contributed by atoms with E-state index in [-0.39, 0.29) is 23.9 Å². The Bertz CT molecular complexity index is 925. The second-order valence-corrected chi connectivity index (χ2v) is 5.29. The zero-order chi connectivity index (χ0) is 16.6. The Morgan fingerprint density at radius 1 is 1.13 bits per heavy atom. The van der Waals surface area contributed by atoms with Gasteiger partial charge in [0.15, 0.2) is 17.5 Å². The minimum absolute atomic E-state index is 0.134. The summed E-state index contributed by atoms with van der Waals surface area (Å²) >= 11 is 0. The van der Waals surface area contributed by atoms with E-state index in [0.717, 1.165) is 12.1 Å². The van der Waals surface area contributed by atoms with Gasteiger partial charge < -0.3 is 4.57 Å². The molecule has 3 rings (SSSR count). The van der Waals surface area contributed by atoms with Crippen LogP contribution >= 0.6 is 0 Å². The molecule has 3 nitrogen and oxygen atoms in total. The standard InChI is InChI=1S/C17H12F3N3/c1-10(8-21)9-23-14-5-3-2-4-13(14)22-17(23)11-6-7-12(18)16(20)15(11)19/h2-7,10H,9H2,1H3. The van der Waals surface area contributed by atoms with Crippen LogP contribution in [0.2, 0.25) is 0 Å². The number of aromatic nitrogens is 2. The molecule has 0 N–H and O–H groups in total. The van der Waals surface area contributed by atoms with Crippen molar-refractivity contribution in [3.05, 3.63) is 53.8 Å². The molecular formula is C17H12F3N3. The van der Waals surface area contributed by atoms with Gasteiger partial charge in [0.05, 0.1) is 28.6 Å². The fourth-order valence-corrected chi connectivity index (χ4v) is 2.48. The summed E-state index contributed by atoms with van der Waals surface area (Å²) in [6.07, 6.45) is 0. The molecule has 0 aliphatic carbocycles. The third kappa shape index (κ3) is 2.55. The average Bonchev–Trinajstić information content (AvgIpc) is 2.91. The first-order valence-corrected chi connectivity index (χ1v) is 7.01. The highest BCUT2D eigenvalue weighted by Crippen LogP contribution is 2.29. The zero-order valence-electron chi connectivity index (χ0n) is 12.2. The smallest absolute Gasteiger partial charge is 0.195 e. The Balaban J connectivity index is 2.27. The molecule has 0 aliphatic heterocycles. The number of halogens is 3. The molecule has 1 aromatic heterocycles. The first-order valence-electron chi connectivity index (χ1n) is 7.01. The molecule has 0 amide bonds. The third-order valence-electron chi connectivity index (χ3n) is 3.61. The summed E-state index contributed by atoms with van der Waals surface area (Å²) in [5.74, 6) is -4.25. The van der Waals surface area contributed by atoms with Crippen LogP contribution < -0.4 is 0 Å². The summed E-state index contributed by atoms with van der Waals surface area (Å²) in [4.78, 5) is 4.33. The molecule has 1 heterocycles. The van der Waals surface area contributed by atoms with Gasteiger partial charge in [0, 0.05) is 6.54 Å². The summed E-state index contributed by atoms with van der Waals surface area (Å²) in [5, 5.41) is 9.03. The number of hydrogen-bond acceptors (Lipinski definition) is 2. The Kier molecular flexibility index (Phi) is 3.78. The molecule has 6 heteroatoms. The number of fused-ring (bicyclic) bond motifs is 1. The fraction of sp³-hybridized carbons (Fsp3) is 0.176. The van der Waals surface area contributed by atoms with Gasteiger partial charge >= 0.3 is 0 Å². The molecule has 23 heavy (non-hydrogen) atoms. The number of hydrogen-bond donors (Lipinski definition) is 0. The third-order valence-corrected chi connectivity index (χ3v) is 3.61. The van der Waals surface area contributed by atoms with Crippen molar-refractivity contribution in [1.29, 1.82) is 5.26 Å². The van der Waals surface area contributed by atoms with Crippen LogP contribution in [0.25, 0.3) is 22.4 Å². The molecular weight excluding hydrogens is 303 g/mol. The van der Waals surface area contributed by atoms with E-state index in [1.54, 1.807) is 35.8 Å². The van der Waals surface area contributed by atoms with Gasteiger partial charge in [0.1, 0.15) is 5.82 Å². The minimum Gasteiger partial charge on any atom is -0.323 e. The van der Waals surface area contributed by atoms with Crippen molar-refractivity contribution in [1.82, 2.24) is 9.55 Å². The number of imidazole rings is 1. The summed E-state index contributed by atoms with van der Waals surface area (Å²) in [6.45, 7) is 1.99. The number of nitriles is 1. The van der Waals surface area contributed by atoms with Crippen molar-refractivity contribution < 1.29 is 13.2 Å². The number of nitrogens with zero attached hydrogens (tertiary/aromatic N) is 3. The molecule has 3 aromatic rings. The zero-order valence-corrected chi connectivity index (χ0v) is 12.2. The molecule has 0 saturated heterocycles. The first kappa shape index (κ1) is 15.1. The first-order chi connectivity index (χ1) is 11.0. The molecule has 0 saturated carbocycles. The van der Waals surface area contributed by atoms with E-state index in [2.05, 4.69) is 11.1 Å². The van der Waals surface area contributed by atoms with Crippen molar-refractivity contribution >= 4 is 11.0 Å². The van der Waals surface area contributed by atoms with Crippen LogP contribution in [0, 0.1) is 34.7 Å². The molecule has 0 fully saturated rings. The number of benzene rings is 2. The monoisotopic (exact) mass is 315 g/mol. The molecule has 1 atom stereocenters. The van der Waals surface area contributed by atoms with Crippen molar-refractivity contribution in [2.75, 3.05) is 0 Å². The van der Waals surface area contributed by atoms with E-state index in [0.29, 0.717) is 11.0 Å². The summed E-state index contributed by atoms with van der Waals surface area (Å²) < 4.78 is 42.5. The van der Waals surface area contributed by atoms with Gasteiger partial charge in [-0.3, -0.25) is 0 Å². The van der Waals surface area contributed by atoms with Crippen LogP contribution in [0.1, 0.15) is 6.92 Å². The maximum atomic E-state index is 14.1. The van der Waals surface area contributed by atoms with Gasteiger partial charge in [-0.05, 0) is 31.2 Å². The van der Waals surface area contributed by atoms with Crippen molar-refractivity contribution in [2.45, 2.75) is 13.5 Å². The Morgan fingerprint density at radius 2 is 1.87 bits per heavy atom. The van der Waals surface area contributed by atoms with Crippen LogP contribution in [0.15, 0.2) is 36.4 Å². The van der Waals surface area contributed by atoms with Crippen molar-refractivity contribution in [2.24, 2.45) is 5.92 Å². The van der Waals surface area contributed by atoms with Gasteiger partial charge in [-0.15, -0.1) is 0 Å². The van der Waals surface area contributed by atoms with E-state index in [4.69, 9.17) is 5.26 Å². The second kappa shape index (κ2) is 5.76. The van der Waals surface area contributed by atoms with E-state index in [1.165, 1.54) is 0 Å². The van der Waals surface area contributed by atoms with Crippen molar-refractivity contribution in [3.63, 3.8) is 0 Å². The van der Waals surface area contributed by atoms with Crippen LogP contribution in [0.5, 0.6) is 0 Å². The highest BCUT2D eigenvalue weighted by molar-refractivity contribution is 5.80. The summed E-state index contributed by atoms with van der Waals surface area (Å²) in [5.41, 5.74) is 1.16. The maximum absolute atomic E-state index is 14.1. The Hall–Kier alpha value is -2.81. The molecule has 0 radical (unpaired) electrons. The Morgan fingerprint density at radius 3 is 2.61 bits per heavy atom. The normalized spacial score (nSPS) is 12.3. The van der Waals surface area contributed by atoms with E-state index < -0.39 is 17.5 Å². The molecule has 2 aromatic carbocycles. The average molecular weight is 315 g/mol. The maximum Gasteiger partial charge on any atom is 0.195 e. The van der Waals surface area contributed by atoms with Gasteiger partial charge in [-0.2, -0.15) is 5.26 Å². The number of para-hydroxylation sites is 2. The predicted octanol–water partition coefficient (Wildman–Crippen LogP) is 4.28. The summed E-state index contributed by atoms with van der Waals surface area (Å²) in [7, 11) is 0. The summed E-state index contributed by atoms with van der Waals surface area (Å²) in [6, 6.07) is 11.2. The lowest BCUT2D eigenvalue weighted by atomic mass is 10.1. The SMILES string of the molecule is CC(C#N)Cn1c(-c2ccc(F)c(F)c2F)nc2ccccc21. The van der Waals surface area contributed by atoms with Crippen LogP contribution in [0.4, 0.5) is 13.2 Å². The lowest BCUT2D eigenvalue weighted by molar-refractivity contribution is 0.448. The highest BCUT2D eigenvalue weighted by atomic mass is 19.2.